The van der Waals surface area contributed by atoms with Gasteiger partial charge in [0.05, 0.1) is 19.5 Å². The van der Waals surface area contributed by atoms with Crippen LogP contribution in [-0.2, 0) is 11.3 Å². The Morgan fingerprint density at radius 3 is 3.00 bits per heavy atom. The quantitative estimate of drug-likeness (QED) is 0.629. The maximum Gasteiger partial charge on any atom is 0.0946 e. The number of hydrogen-bond acceptors (Lipinski definition) is 3. The zero-order valence-corrected chi connectivity index (χ0v) is 8.78. The van der Waals surface area contributed by atoms with Gasteiger partial charge in [0.25, 0.3) is 0 Å². The normalized spacial score (nSPS) is 10.6. The van der Waals surface area contributed by atoms with Crippen LogP contribution in [0.4, 0.5) is 0 Å². The second kappa shape index (κ2) is 7.53. The molecule has 0 bridgehead atoms. The molecular formula is C10H19N3O. The molecule has 0 aliphatic heterocycles. The third-order valence-electron chi connectivity index (χ3n) is 1.90. The monoisotopic (exact) mass is 197 g/mol. The van der Waals surface area contributed by atoms with Crippen LogP contribution >= 0.6 is 0 Å². The topological polar surface area (TPSA) is 39.1 Å². The van der Waals surface area contributed by atoms with Gasteiger partial charge in [-0.2, -0.15) is 0 Å². The van der Waals surface area contributed by atoms with Crippen molar-refractivity contribution >= 4 is 0 Å². The van der Waals surface area contributed by atoms with Crippen LogP contribution in [0.5, 0.6) is 0 Å². The minimum Gasteiger partial charge on any atom is -0.378 e. The van der Waals surface area contributed by atoms with Gasteiger partial charge in [-0.05, 0) is 13.0 Å². The van der Waals surface area contributed by atoms with Crippen molar-refractivity contribution in [2.45, 2.75) is 19.9 Å². The first kappa shape index (κ1) is 11.2. The average molecular weight is 197 g/mol. The molecular weight excluding hydrogens is 178 g/mol. The summed E-state index contributed by atoms with van der Waals surface area (Å²) in [5.74, 6) is 0. The fourth-order valence-electron chi connectivity index (χ4n) is 1.14. The van der Waals surface area contributed by atoms with Crippen molar-refractivity contribution in [3.8, 4) is 0 Å². The third-order valence-corrected chi connectivity index (χ3v) is 1.90. The highest BCUT2D eigenvalue weighted by Gasteiger charge is 1.90. The molecule has 80 valence electrons. The number of nitrogens with one attached hydrogen (secondary N) is 1. The summed E-state index contributed by atoms with van der Waals surface area (Å²) in [5.41, 5.74) is 0. The lowest BCUT2D eigenvalue weighted by molar-refractivity contribution is 0.128. The van der Waals surface area contributed by atoms with Crippen LogP contribution in [0.2, 0.25) is 0 Å². The predicted octanol–water partition coefficient (Wildman–Crippen LogP) is 0.899. The molecule has 1 N–H and O–H groups in total. The van der Waals surface area contributed by atoms with Crippen LogP contribution < -0.4 is 5.32 Å². The Balaban J connectivity index is 1.85. The Kier molecular flexibility index (Phi) is 6.02. The Labute approximate surface area is 85.3 Å². The molecule has 0 fully saturated rings. The first-order chi connectivity index (χ1) is 6.93. The van der Waals surface area contributed by atoms with E-state index in [9.17, 15) is 0 Å². The van der Waals surface area contributed by atoms with Crippen molar-refractivity contribution in [1.29, 1.82) is 0 Å². The lowest BCUT2D eigenvalue weighted by Crippen LogP contribution is -2.21. The van der Waals surface area contributed by atoms with Crippen LogP contribution in [0.15, 0.2) is 18.7 Å². The molecule has 4 heteroatoms. The Morgan fingerprint density at radius 1 is 1.36 bits per heavy atom. The summed E-state index contributed by atoms with van der Waals surface area (Å²) in [6.45, 7) is 6.60. The maximum atomic E-state index is 5.44. The standard InChI is InChI=1S/C10H19N3O/c1-2-3-11-5-8-14-9-7-13-6-4-12-10-13/h4,6,10-11H,2-3,5,7-9H2,1H3. The number of imidazole rings is 1. The highest BCUT2D eigenvalue weighted by Crippen LogP contribution is 1.86. The summed E-state index contributed by atoms with van der Waals surface area (Å²) in [5, 5.41) is 3.28. The summed E-state index contributed by atoms with van der Waals surface area (Å²) in [4.78, 5) is 3.96. The molecule has 0 spiro atoms. The van der Waals surface area contributed by atoms with Crippen molar-refractivity contribution in [3.05, 3.63) is 18.7 Å². The van der Waals surface area contributed by atoms with Crippen molar-refractivity contribution < 1.29 is 4.74 Å². The highest BCUT2D eigenvalue weighted by atomic mass is 16.5. The Hall–Kier alpha value is -0.870. The molecule has 0 unspecified atom stereocenters. The van der Waals surface area contributed by atoms with E-state index in [1.54, 1.807) is 12.5 Å². The van der Waals surface area contributed by atoms with Crippen LogP contribution in [0.25, 0.3) is 0 Å². The molecule has 0 aromatic carbocycles. The van der Waals surface area contributed by atoms with E-state index < -0.39 is 0 Å². The van der Waals surface area contributed by atoms with E-state index in [1.807, 2.05) is 10.8 Å². The molecule has 0 saturated heterocycles. The molecule has 0 amide bonds. The molecule has 1 heterocycles. The van der Waals surface area contributed by atoms with E-state index >= 15 is 0 Å². The largest absolute Gasteiger partial charge is 0.378 e. The van der Waals surface area contributed by atoms with Gasteiger partial charge in [-0.3, -0.25) is 0 Å². The summed E-state index contributed by atoms with van der Waals surface area (Å²) in [7, 11) is 0. The number of ether oxygens (including phenoxy) is 1. The van der Waals surface area contributed by atoms with Crippen molar-refractivity contribution in [2.75, 3.05) is 26.3 Å². The van der Waals surface area contributed by atoms with Gasteiger partial charge >= 0.3 is 0 Å². The lowest BCUT2D eigenvalue weighted by Gasteiger charge is -2.05. The molecule has 0 aliphatic carbocycles. The molecule has 1 rings (SSSR count). The summed E-state index contributed by atoms with van der Waals surface area (Å²) in [6.07, 6.45) is 6.70. The van der Waals surface area contributed by atoms with Gasteiger partial charge in [0.15, 0.2) is 0 Å². The van der Waals surface area contributed by atoms with Gasteiger partial charge in [0, 0.05) is 25.5 Å². The smallest absolute Gasteiger partial charge is 0.0946 e. The molecule has 1 aromatic heterocycles. The first-order valence-corrected chi connectivity index (χ1v) is 5.17. The summed E-state index contributed by atoms with van der Waals surface area (Å²) < 4.78 is 7.46. The zero-order chi connectivity index (χ0) is 10.1. The molecule has 0 radical (unpaired) electrons. The highest BCUT2D eigenvalue weighted by molar-refractivity contribution is 4.73. The van der Waals surface area contributed by atoms with Crippen molar-refractivity contribution in [2.24, 2.45) is 0 Å². The van der Waals surface area contributed by atoms with Crippen LogP contribution in [0.1, 0.15) is 13.3 Å². The fraction of sp³-hybridized carbons (Fsp3) is 0.700. The van der Waals surface area contributed by atoms with Gasteiger partial charge < -0.3 is 14.6 Å². The first-order valence-electron chi connectivity index (χ1n) is 5.17. The van der Waals surface area contributed by atoms with Gasteiger partial charge in [-0.25, -0.2) is 4.98 Å². The van der Waals surface area contributed by atoms with Gasteiger partial charge in [0.1, 0.15) is 0 Å². The van der Waals surface area contributed by atoms with Crippen LogP contribution in [-0.4, -0.2) is 35.9 Å². The maximum absolute atomic E-state index is 5.44. The predicted molar refractivity (Wildman–Crippen MR) is 56.2 cm³/mol. The van der Waals surface area contributed by atoms with Gasteiger partial charge in [0.2, 0.25) is 0 Å². The Bertz CT molecular complexity index is 211. The molecule has 1 aromatic rings. The van der Waals surface area contributed by atoms with E-state index in [2.05, 4.69) is 17.2 Å². The van der Waals surface area contributed by atoms with E-state index in [1.165, 1.54) is 6.42 Å². The second-order valence-electron chi connectivity index (χ2n) is 3.16. The molecule has 0 aliphatic rings. The van der Waals surface area contributed by atoms with Crippen LogP contribution in [0.3, 0.4) is 0 Å². The number of hydrogen-bond donors (Lipinski definition) is 1. The minimum absolute atomic E-state index is 0.754. The van der Waals surface area contributed by atoms with Crippen molar-refractivity contribution in [1.82, 2.24) is 14.9 Å². The number of nitrogens with zero attached hydrogens (tertiary/aromatic N) is 2. The number of aromatic nitrogens is 2. The molecule has 0 saturated carbocycles. The molecule has 14 heavy (non-hydrogen) atoms. The SMILES string of the molecule is CCCNCCOCCn1ccnc1. The van der Waals surface area contributed by atoms with E-state index in [-0.39, 0.29) is 0 Å². The minimum atomic E-state index is 0.754. The second-order valence-corrected chi connectivity index (χ2v) is 3.16. The third kappa shape index (κ3) is 4.99. The lowest BCUT2D eigenvalue weighted by atomic mass is 10.5. The summed E-state index contributed by atoms with van der Waals surface area (Å²) >= 11 is 0. The van der Waals surface area contributed by atoms with Crippen LogP contribution in [0, 0.1) is 0 Å². The summed E-state index contributed by atoms with van der Waals surface area (Å²) in [6, 6.07) is 0. The van der Waals surface area contributed by atoms with E-state index in [0.29, 0.717) is 0 Å². The zero-order valence-electron chi connectivity index (χ0n) is 8.78. The molecule has 4 nitrogen and oxygen atoms in total. The van der Waals surface area contributed by atoms with Gasteiger partial charge in [-0.15, -0.1) is 0 Å². The van der Waals surface area contributed by atoms with E-state index in [0.717, 1.165) is 32.8 Å². The molecule has 0 atom stereocenters. The number of rotatable bonds is 8. The fourth-order valence-corrected chi connectivity index (χ4v) is 1.14. The van der Waals surface area contributed by atoms with Crippen molar-refractivity contribution in [3.63, 3.8) is 0 Å². The Morgan fingerprint density at radius 2 is 2.29 bits per heavy atom. The van der Waals surface area contributed by atoms with E-state index in [4.69, 9.17) is 4.74 Å². The van der Waals surface area contributed by atoms with Gasteiger partial charge in [-0.1, -0.05) is 6.92 Å². The average Bonchev–Trinajstić information content (AvgIpc) is 2.69.